The van der Waals surface area contributed by atoms with E-state index in [4.69, 9.17) is 0 Å². The Bertz CT molecular complexity index is 348. The third-order valence-electron chi connectivity index (χ3n) is 2.14. The van der Waals surface area contributed by atoms with Gasteiger partial charge < -0.3 is 9.46 Å². The molecule has 0 fully saturated rings. The molecule has 0 N–H and O–H groups in total. The van der Waals surface area contributed by atoms with Crippen LogP contribution in [0.1, 0.15) is 25.0 Å². The molecule has 0 saturated heterocycles. The van der Waals surface area contributed by atoms with Gasteiger partial charge >= 0.3 is 0 Å². The molecule has 1 rings (SSSR count). The Balaban J connectivity index is 2.68. The summed E-state index contributed by atoms with van der Waals surface area (Å²) in [6.45, 7) is 5.63. The zero-order valence-corrected chi connectivity index (χ0v) is 10.5. The molecule has 0 amide bonds. The summed E-state index contributed by atoms with van der Waals surface area (Å²) in [6.07, 6.45) is 1.20. The van der Waals surface area contributed by atoms with Crippen LogP contribution >= 0.6 is 7.37 Å². The quantitative estimate of drug-likeness (QED) is 0.739. The number of benzene rings is 1. The second-order valence-electron chi connectivity index (χ2n) is 4.59. The van der Waals surface area contributed by atoms with E-state index in [1.807, 2.05) is 24.3 Å². The number of hydrogen-bond acceptors (Lipinski definition) is 2. The zero-order chi connectivity index (χ0) is 11.5. The van der Waals surface area contributed by atoms with Gasteiger partial charge in [-0.15, -0.1) is 0 Å². The molecule has 0 radical (unpaired) electrons. The fraction of sp³-hybridized carbons (Fsp3) is 0.500. The third kappa shape index (κ3) is 5.15. The van der Waals surface area contributed by atoms with E-state index in [0.717, 1.165) is 12.0 Å². The van der Waals surface area contributed by atoms with E-state index in [1.165, 1.54) is 12.2 Å². The minimum absolute atomic E-state index is 0.162. The standard InChI is InChI=1S/C12H19O2P/c1-10(2)8-11-4-6-12(7-5-11)9-15(3,13)14/h4-7,10H,8-9H2,1-3H3,(H,13,14)/p-1. The molecule has 15 heavy (non-hydrogen) atoms. The van der Waals surface area contributed by atoms with Crippen molar-refractivity contribution in [2.45, 2.75) is 26.4 Å². The molecule has 1 atom stereocenters. The van der Waals surface area contributed by atoms with Crippen LogP contribution in [0, 0.1) is 5.92 Å². The van der Waals surface area contributed by atoms with Crippen LogP contribution in [0.5, 0.6) is 0 Å². The lowest BCUT2D eigenvalue weighted by atomic mass is 10.0. The van der Waals surface area contributed by atoms with Gasteiger partial charge in [-0.05, 0) is 30.1 Å². The van der Waals surface area contributed by atoms with E-state index < -0.39 is 7.37 Å². The predicted octanol–water partition coefficient (Wildman–Crippen LogP) is 2.65. The van der Waals surface area contributed by atoms with Gasteiger partial charge in [0.25, 0.3) is 0 Å². The summed E-state index contributed by atoms with van der Waals surface area (Å²) in [5.41, 5.74) is 2.15. The van der Waals surface area contributed by atoms with Gasteiger partial charge in [-0.2, -0.15) is 0 Å². The van der Waals surface area contributed by atoms with Crippen molar-refractivity contribution in [1.29, 1.82) is 0 Å². The second kappa shape index (κ2) is 4.96. The smallest absolute Gasteiger partial charge is 0.0160 e. The van der Waals surface area contributed by atoms with Gasteiger partial charge in [-0.1, -0.05) is 38.1 Å². The van der Waals surface area contributed by atoms with E-state index >= 15 is 0 Å². The van der Waals surface area contributed by atoms with Crippen molar-refractivity contribution in [1.82, 2.24) is 0 Å². The Morgan fingerprint density at radius 1 is 1.20 bits per heavy atom. The molecule has 0 aromatic heterocycles. The summed E-state index contributed by atoms with van der Waals surface area (Å²) in [7, 11) is -3.18. The van der Waals surface area contributed by atoms with Gasteiger partial charge in [0.1, 0.15) is 0 Å². The van der Waals surface area contributed by atoms with Crippen molar-refractivity contribution in [3.63, 3.8) is 0 Å². The van der Waals surface area contributed by atoms with Gasteiger partial charge in [0.15, 0.2) is 0 Å². The average molecular weight is 225 g/mol. The van der Waals surface area contributed by atoms with Crippen LogP contribution in [-0.4, -0.2) is 6.66 Å². The van der Waals surface area contributed by atoms with E-state index in [2.05, 4.69) is 13.8 Å². The van der Waals surface area contributed by atoms with Gasteiger partial charge in [0.05, 0.1) is 0 Å². The maximum Gasteiger partial charge on any atom is 0.0160 e. The lowest BCUT2D eigenvalue weighted by Gasteiger charge is -2.17. The molecule has 2 nitrogen and oxygen atoms in total. The average Bonchev–Trinajstić information content (AvgIpc) is 2.05. The normalized spacial score (nSPS) is 15.3. The Morgan fingerprint density at radius 3 is 2.07 bits per heavy atom. The van der Waals surface area contributed by atoms with Gasteiger partial charge in [0, 0.05) is 13.5 Å². The summed E-state index contributed by atoms with van der Waals surface area (Å²) in [6, 6.07) is 7.85. The van der Waals surface area contributed by atoms with E-state index in [0.29, 0.717) is 5.92 Å². The number of rotatable bonds is 4. The Morgan fingerprint density at radius 2 is 1.67 bits per heavy atom. The van der Waals surface area contributed by atoms with Gasteiger partial charge in [0.2, 0.25) is 0 Å². The van der Waals surface area contributed by atoms with Crippen LogP contribution in [0.3, 0.4) is 0 Å². The zero-order valence-electron chi connectivity index (χ0n) is 9.56. The highest BCUT2D eigenvalue weighted by Gasteiger charge is 2.02. The molecule has 3 heteroatoms. The highest BCUT2D eigenvalue weighted by atomic mass is 31.2. The van der Waals surface area contributed by atoms with Crippen LogP contribution in [0.25, 0.3) is 0 Å². The summed E-state index contributed by atoms with van der Waals surface area (Å²) in [5, 5.41) is 0. The molecule has 0 aliphatic rings. The second-order valence-corrected chi connectivity index (χ2v) is 6.93. The fourth-order valence-electron chi connectivity index (χ4n) is 1.58. The van der Waals surface area contributed by atoms with Crippen molar-refractivity contribution < 1.29 is 9.46 Å². The topological polar surface area (TPSA) is 40.1 Å². The first kappa shape index (κ1) is 12.5. The van der Waals surface area contributed by atoms with Crippen molar-refractivity contribution in [3.8, 4) is 0 Å². The van der Waals surface area contributed by atoms with Crippen LogP contribution in [-0.2, 0) is 17.1 Å². The molecular weight excluding hydrogens is 207 g/mol. The van der Waals surface area contributed by atoms with Crippen LogP contribution in [0.15, 0.2) is 24.3 Å². The molecule has 0 heterocycles. The van der Waals surface area contributed by atoms with Crippen molar-refractivity contribution in [2.75, 3.05) is 6.66 Å². The maximum atomic E-state index is 11.1. The molecule has 1 unspecified atom stereocenters. The Hall–Kier alpha value is -0.590. The lowest BCUT2D eigenvalue weighted by molar-refractivity contribution is -0.173. The molecule has 1 aromatic carbocycles. The van der Waals surface area contributed by atoms with Gasteiger partial charge in [-0.25, -0.2) is 0 Å². The maximum absolute atomic E-state index is 11.1. The summed E-state index contributed by atoms with van der Waals surface area (Å²) in [5.74, 6) is 0.632. The third-order valence-corrected chi connectivity index (χ3v) is 3.08. The first-order chi connectivity index (χ1) is 6.87. The number of hydrogen-bond donors (Lipinski definition) is 0. The minimum atomic E-state index is -3.18. The van der Waals surface area contributed by atoms with E-state index in [-0.39, 0.29) is 6.16 Å². The summed E-state index contributed by atoms with van der Waals surface area (Å²) < 4.78 is 11.1. The van der Waals surface area contributed by atoms with Gasteiger partial charge in [-0.3, -0.25) is 0 Å². The molecule has 0 aliphatic carbocycles. The Labute approximate surface area is 91.8 Å². The SMILES string of the molecule is CC(C)Cc1ccc(CP(C)(=O)[O-])cc1. The highest BCUT2D eigenvalue weighted by Crippen LogP contribution is 2.34. The molecule has 84 valence electrons. The first-order valence-corrected chi connectivity index (χ1v) is 7.48. The first-order valence-electron chi connectivity index (χ1n) is 5.22. The van der Waals surface area contributed by atoms with E-state index in [1.54, 1.807) is 0 Å². The Kier molecular flexibility index (Phi) is 4.12. The van der Waals surface area contributed by atoms with Crippen LogP contribution < -0.4 is 4.89 Å². The fourth-order valence-corrected chi connectivity index (χ4v) is 2.46. The summed E-state index contributed by atoms with van der Waals surface area (Å²) >= 11 is 0. The van der Waals surface area contributed by atoms with Crippen LogP contribution in [0.4, 0.5) is 0 Å². The lowest BCUT2D eigenvalue weighted by Crippen LogP contribution is -2.01. The van der Waals surface area contributed by atoms with Crippen molar-refractivity contribution >= 4 is 7.37 Å². The van der Waals surface area contributed by atoms with E-state index in [9.17, 15) is 9.46 Å². The van der Waals surface area contributed by atoms with Crippen LogP contribution in [0.2, 0.25) is 0 Å². The molecule has 1 aromatic rings. The van der Waals surface area contributed by atoms with Crippen molar-refractivity contribution in [2.24, 2.45) is 5.92 Å². The summed E-state index contributed by atoms with van der Waals surface area (Å²) in [4.78, 5) is 11.1. The molecule has 0 bridgehead atoms. The van der Waals surface area contributed by atoms with Crippen molar-refractivity contribution in [3.05, 3.63) is 35.4 Å². The highest BCUT2D eigenvalue weighted by molar-refractivity contribution is 7.54. The molecular formula is C12H18O2P-. The largest absolute Gasteiger partial charge is 0.799 e. The molecule has 0 aliphatic heterocycles. The predicted molar refractivity (Wildman–Crippen MR) is 62.2 cm³/mol. The molecule has 0 saturated carbocycles. The minimum Gasteiger partial charge on any atom is -0.799 e. The molecule has 0 spiro atoms. The monoisotopic (exact) mass is 225 g/mol.